The standard InChI is InChI=1S/C29H27N3O5S2/c1-20-11-16-25(36-3)26-27(20)38-29(30-26)32(19-23-10-7-17-37-23)28(33)22-12-14-24(15-13-22)39(34,35)31(2)18-21-8-5-4-6-9-21/h4-17H,18-19H2,1-3H3. The van der Waals surface area contributed by atoms with Crippen molar-refractivity contribution in [1.29, 1.82) is 0 Å². The van der Waals surface area contributed by atoms with Gasteiger partial charge in [-0.3, -0.25) is 9.69 Å². The minimum absolute atomic E-state index is 0.107. The van der Waals surface area contributed by atoms with Gasteiger partial charge in [0.05, 0.1) is 29.5 Å². The molecule has 200 valence electrons. The zero-order valence-electron chi connectivity index (χ0n) is 21.7. The van der Waals surface area contributed by atoms with Crippen LogP contribution >= 0.6 is 11.3 Å². The van der Waals surface area contributed by atoms with E-state index < -0.39 is 10.0 Å². The number of thiazole rings is 1. The summed E-state index contributed by atoms with van der Waals surface area (Å²) in [5, 5.41) is 0.485. The number of carbonyl (C=O) groups excluding carboxylic acids is 1. The van der Waals surface area contributed by atoms with Crippen molar-refractivity contribution in [2.45, 2.75) is 24.9 Å². The fourth-order valence-corrected chi connectivity index (χ4v) is 6.40. The fraction of sp³-hybridized carbons (Fsp3) is 0.172. The zero-order chi connectivity index (χ0) is 27.6. The molecule has 0 atom stereocenters. The maximum Gasteiger partial charge on any atom is 0.260 e. The number of furan rings is 1. The van der Waals surface area contributed by atoms with Gasteiger partial charge in [0.1, 0.15) is 17.0 Å². The third-order valence-corrected chi connectivity index (χ3v) is 9.37. The lowest BCUT2D eigenvalue weighted by Crippen LogP contribution is -2.30. The van der Waals surface area contributed by atoms with Gasteiger partial charge in [0.2, 0.25) is 10.0 Å². The van der Waals surface area contributed by atoms with Crippen molar-refractivity contribution in [1.82, 2.24) is 9.29 Å². The van der Waals surface area contributed by atoms with Crippen molar-refractivity contribution in [3.8, 4) is 5.75 Å². The summed E-state index contributed by atoms with van der Waals surface area (Å²) < 4.78 is 39.6. The molecule has 0 radical (unpaired) electrons. The number of benzene rings is 3. The van der Waals surface area contributed by atoms with Crippen molar-refractivity contribution in [3.05, 3.63) is 108 Å². The number of fused-ring (bicyclic) bond motifs is 1. The lowest BCUT2D eigenvalue weighted by atomic mass is 10.2. The molecule has 3 aromatic carbocycles. The number of hydrogen-bond acceptors (Lipinski definition) is 7. The third-order valence-electron chi connectivity index (χ3n) is 6.34. The normalized spacial score (nSPS) is 11.7. The van der Waals surface area contributed by atoms with E-state index in [0.717, 1.165) is 15.8 Å². The molecule has 0 N–H and O–H groups in total. The first-order chi connectivity index (χ1) is 18.8. The van der Waals surface area contributed by atoms with Gasteiger partial charge in [-0.05, 0) is 60.5 Å². The molecular weight excluding hydrogens is 534 g/mol. The molecule has 5 rings (SSSR count). The predicted octanol–water partition coefficient (Wildman–Crippen LogP) is 5.87. The largest absolute Gasteiger partial charge is 0.494 e. The molecule has 2 heterocycles. The summed E-state index contributed by atoms with van der Waals surface area (Å²) in [5.41, 5.74) is 2.91. The van der Waals surface area contributed by atoms with E-state index in [0.29, 0.717) is 27.7 Å². The first-order valence-electron chi connectivity index (χ1n) is 12.2. The molecule has 39 heavy (non-hydrogen) atoms. The van der Waals surface area contributed by atoms with Gasteiger partial charge in [-0.25, -0.2) is 13.4 Å². The van der Waals surface area contributed by atoms with Gasteiger partial charge in [-0.2, -0.15) is 4.31 Å². The zero-order valence-corrected chi connectivity index (χ0v) is 23.3. The maximum absolute atomic E-state index is 13.8. The van der Waals surface area contributed by atoms with Crippen LogP contribution in [0.3, 0.4) is 0 Å². The molecule has 0 unspecified atom stereocenters. The van der Waals surface area contributed by atoms with E-state index in [1.165, 1.54) is 51.9 Å². The van der Waals surface area contributed by atoms with Crippen LogP contribution in [0.1, 0.15) is 27.2 Å². The molecule has 10 heteroatoms. The molecule has 0 spiro atoms. The second kappa shape index (κ2) is 11.0. The Morgan fingerprint density at radius 3 is 2.38 bits per heavy atom. The number of methoxy groups -OCH3 is 1. The van der Waals surface area contributed by atoms with E-state index in [4.69, 9.17) is 14.1 Å². The first-order valence-corrected chi connectivity index (χ1v) is 14.4. The van der Waals surface area contributed by atoms with E-state index in [2.05, 4.69) is 0 Å². The van der Waals surface area contributed by atoms with Gasteiger partial charge >= 0.3 is 0 Å². The van der Waals surface area contributed by atoms with Crippen molar-refractivity contribution >= 4 is 42.6 Å². The fourth-order valence-electron chi connectivity index (χ4n) is 4.19. The molecule has 1 amide bonds. The number of anilines is 1. The summed E-state index contributed by atoms with van der Waals surface area (Å²) >= 11 is 1.39. The monoisotopic (exact) mass is 561 g/mol. The summed E-state index contributed by atoms with van der Waals surface area (Å²) in [5.74, 6) is 0.884. The topological polar surface area (TPSA) is 92.9 Å². The average molecular weight is 562 g/mol. The highest BCUT2D eigenvalue weighted by Crippen LogP contribution is 2.37. The Morgan fingerprint density at radius 2 is 1.72 bits per heavy atom. The summed E-state index contributed by atoms with van der Waals surface area (Å²) in [6.07, 6.45) is 1.55. The van der Waals surface area contributed by atoms with E-state index >= 15 is 0 Å². The Bertz CT molecular complexity index is 1700. The van der Waals surface area contributed by atoms with E-state index in [1.54, 1.807) is 25.5 Å². The number of hydrogen-bond donors (Lipinski definition) is 0. The first kappa shape index (κ1) is 26.6. The van der Waals surface area contributed by atoms with Crippen molar-refractivity contribution < 1.29 is 22.4 Å². The van der Waals surface area contributed by atoms with Crippen LogP contribution in [0.25, 0.3) is 10.2 Å². The lowest BCUT2D eigenvalue weighted by molar-refractivity contribution is 0.0983. The van der Waals surface area contributed by atoms with Crippen LogP contribution in [-0.4, -0.2) is 37.8 Å². The molecule has 5 aromatic rings. The van der Waals surface area contributed by atoms with E-state index in [9.17, 15) is 13.2 Å². The van der Waals surface area contributed by atoms with Crippen molar-refractivity contribution in [3.63, 3.8) is 0 Å². The van der Waals surface area contributed by atoms with Gasteiger partial charge in [0.15, 0.2) is 5.13 Å². The molecule has 0 bridgehead atoms. The highest BCUT2D eigenvalue weighted by atomic mass is 32.2. The van der Waals surface area contributed by atoms with Gasteiger partial charge in [-0.1, -0.05) is 47.7 Å². The minimum atomic E-state index is -3.75. The number of aryl methyl sites for hydroxylation is 1. The average Bonchev–Trinajstić information content (AvgIpc) is 3.63. The molecule has 0 aliphatic heterocycles. The quantitative estimate of drug-likeness (QED) is 0.223. The smallest absolute Gasteiger partial charge is 0.260 e. The molecule has 0 aliphatic rings. The summed E-state index contributed by atoms with van der Waals surface area (Å²) in [7, 11) is -0.631. The number of rotatable bonds is 9. The Balaban J connectivity index is 1.45. The van der Waals surface area contributed by atoms with Crippen LogP contribution in [0.4, 0.5) is 5.13 Å². The molecule has 2 aromatic heterocycles. The Kier molecular flexibility index (Phi) is 7.51. The van der Waals surface area contributed by atoms with Gasteiger partial charge in [0.25, 0.3) is 5.91 Å². The molecule has 0 aliphatic carbocycles. The number of ether oxygens (including phenoxy) is 1. The van der Waals surface area contributed by atoms with Gasteiger partial charge in [-0.15, -0.1) is 0 Å². The lowest BCUT2D eigenvalue weighted by Gasteiger charge is -2.20. The van der Waals surface area contributed by atoms with Crippen LogP contribution in [-0.2, 0) is 23.1 Å². The Hall–Kier alpha value is -3.99. The van der Waals surface area contributed by atoms with Crippen LogP contribution in [0.15, 0.2) is 94.4 Å². The maximum atomic E-state index is 13.8. The minimum Gasteiger partial charge on any atom is -0.494 e. The van der Waals surface area contributed by atoms with Gasteiger partial charge in [0, 0.05) is 19.2 Å². The third kappa shape index (κ3) is 5.44. The number of aromatic nitrogens is 1. The molecular formula is C29H27N3O5S2. The number of carbonyl (C=O) groups is 1. The van der Waals surface area contributed by atoms with E-state index in [-0.39, 0.29) is 23.9 Å². The van der Waals surface area contributed by atoms with Crippen LogP contribution in [0, 0.1) is 6.92 Å². The van der Waals surface area contributed by atoms with Crippen LogP contribution in [0.5, 0.6) is 5.75 Å². The predicted molar refractivity (Wildman–Crippen MR) is 152 cm³/mol. The number of amides is 1. The Morgan fingerprint density at radius 1 is 0.974 bits per heavy atom. The molecule has 0 fully saturated rings. The second-order valence-corrected chi connectivity index (χ2v) is 12.0. The SMILES string of the molecule is COc1ccc(C)c2sc(N(Cc3ccco3)C(=O)c3ccc(S(=O)(=O)N(C)Cc4ccccc4)cc3)nc12. The van der Waals surface area contributed by atoms with Gasteiger partial charge < -0.3 is 9.15 Å². The highest BCUT2D eigenvalue weighted by molar-refractivity contribution is 7.89. The summed E-state index contributed by atoms with van der Waals surface area (Å²) in [4.78, 5) is 20.2. The summed E-state index contributed by atoms with van der Waals surface area (Å²) in [6.45, 7) is 2.38. The molecule has 8 nitrogen and oxygen atoms in total. The second-order valence-electron chi connectivity index (χ2n) is 9.00. The Labute approximate surface area is 231 Å². The van der Waals surface area contributed by atoms with Crippen LogP contribution < -0.4 is 9.64 Å². The highest BCUT2D eigenvalue weighted by Gasteiger charge is 2.26. The van der Waals surface area contributed by atoms with Crippen LogP contribution in [0.2, 0.25) is 0 Å². The summed E-state index contributed by atoms with van der Waals surface area (Å²) in [6, 6.07) is 22.7. The molecule has 0 saturated heterocycles. The van der Waals surface area contributed by atoms with Crippen molar-refractivity contribution in [2.24, 2.45) is 0 Å². The number of sulfonamides is 1. The van der Waals surface area contributed by atoms with Crippen molar-refractivity contribution in [2.75, 3.05) is 19.1 Å². The number of nitrogens with zero attached hydrogens (tertiary/aromatic N) is 3. The molecule has 0 saturated carbocycles. The van der Waals surface area contributed by atoms with E-state index in [1.807, 2.05) is 49.4 Å².